The molecule has 0 aliphatic carbocycles. The van der Waals surface area contributed by atoms with Crippen molar-refractivity contribution in [3.8, 4) is 0 Å². The molecule has 0 aromatic carbocycles. The normalized spacial score (nSPS) is 4.80. The summed E-state index contributed by atoms with van der Waals surface area (Å²) in [7, 11) is 0. The van der Waals surface area contributed by atoms with Crippen LogP contribution in [0.3, 0.4) is 0 Å². The van der Waals surface area contributed by atoms with Gasteiger partial charge < -0.3 is 16.4 Å². The van der Waals surface area contributed by atoms with E-state index in [2.05, 4.69) is 12.2 Å². The fourth-order valence-electron chi connectivity index (χ4n) is 0. The average Bonchev–Trinajstić information content (AvgIpc) is 0.811. The minimum Gasteiger partial charge on any atom is -0.473 e. The second kappa shape index (κ2) is 3.65. The van der Waals surface area contributed by atoms with Crippen molar-refractivity contribution < 1.29 is 10.2 Å². The summed E-state index contributed by atoms with van der Waals surface area (Å²) < 4.78 is 0. The molecule has 0 saturated carbocycles. The molecule has 0 radical (unpaired) electrons. The van der Waals surface area contributed by atoms with E-state index in [0.717, 1.165) is 0 Å². The van der Waals surface area contributed by atoms with Gasteiger partial charge in [0, 0.05) is 12.2 Å². The first-order chi connectivity index (χ1) is 1.73. The van der Waals surface area contributed by atoms with Crippen molar-refractivity contribution in [1.29, 1.82) is 0 Å². The lowest BCUT2D eigenvalue weighted by atomic mass is 11.5. The molecule has 0 aliphatic heterocycles. The lowest BCUT2D eigenvalue weighted by molar-refractivity contribution is 0.386. The van der Waals surface area contributed by atoms with Crippen molar-refractivity contribution in [2.75, 3.05) is 0 Å². The van der Waals surface area contributed by atoms with E-state index in [1.165, 1.54) is 0 Å². The molecule has 0 bridgehead atoms. The standard InChI is InChI=1S/CH2O2S.H3N/c2-1(3)4;/h(H2,2,3,4);1H3. The van der Waals surface area contributed by atoms with Gasteiger partial charge in [-0.15, -0.1) is 0 Å². The van der Waals surface area contributed by atoms with Gasteiger partial charge in [0.05, 0.1) is 0 Å². The maximum Gasteiger partial charge on any atom is 0.347 e. The molecule has 3 nitrogen and oxygen atoms in total. The molecule has 0 amide bonds. The van der Waals surface area contributed by atoms with Crippen LogP contribution >= 0.6 is 12.2 Å². The fraction of sp³-hybridized carbons (Fsp3) is 0. The Labute approximate surface area is 34.8 Å². The lowest BCUT2D eigenvalue weighted by Gasteiger charge is -1.65. The molecule has 0 saturated heterocycles. The SMILES string of the molecule is N.OC(O)=S. The van der Waals surface area contributed by atoms with Crippen LogP contribution in [0.25, 0.3) is 0 Å². The highest BCUT2D eigenvalue weighted by Gasteiger charge is 1.62. The molecule has 5 N–H and O–H groups in total. The molecular weight excluding hydrogens is 90.1 g/mol. The Balaban J connectivity index is 0. The zero-order valence-electron chi connectivity index (χ0n) is 2.51. The fourth-order valence-corrected chi connectivity index (χ4v) is 0. The lowest BCUT2D eigenvalue weighted by Crippen LogP contribution is -1.80. The Morgan fingerprint density at radius 1 is 1.40 bits per heavy atom. The highest BCUT2D eigenvalue weighted by Crippen LogP contribution is 1.47. The van der Waals surface area contributed by atoms with Crippen molar-refractivity contribution in [3.05, 3.63) is 0 Å². The van der Waals surface area contributed by atoms with Crippen LogP contribution < -0.4 is 6.15 Å². The molecule has 0 aliphatic rings. The number of aliphatic hydroxyl groups excluding tert-OH is 1. The molecule has 4 heteroatoms. The molecule has 0 rings (SSSR count). The average molecular weight is 95.1 g/mol. The first kappa shape index (κ1) is 8.82. The van der Waals surface area contributed by atoms with Gasteiger partial charge in [-0.1, -0.05) is 0 Å². The summed E-state index contributed by atoms with van der Waals surface area (Å²) in [4.78, 5) is 0. The van der Waals surface area contributed by atoms with Gasteiger partial charge in [-0.05, 0) is 0 Å². The summed E-state index contributed by atoms with van der Waals surface area (Å²) >= 11 is 3.65. The van der Waals surface area contributed by atoms with E-state index in [9.17, 15) is 0 Å². The maximum absolute atomic E-state index is 7.34. The van der Waals surface area contributed by atoms with Crippen molar-refractivity contribution >= 4 is 17.5 Å². The molecule has 5 heavy (non-hydrogen) atoms. The smallest absolute Gasteiger partial charge is 0.347 e. The van der Waals surface area contributed by atoms with Crippen LogP contribution in [0.5, 0.6) is 0 Å². The van der Waals surface area contributed by atoms with E-state index in [4.69, 9.17) is 10.2 Å². The van der Waals surface area contributed by atoms with Gasteiger partial charge in [0.15, 0.2) is 0 Å². The van der Waals surface area contributed by atoms with Crippen LogP contribution in [0, 0.1) is 0 Å². The summed E-state index contributed by atoms with van der Waals surface area (Å²) in [6.45, 7) is 0. The number of rotatable bonds is 0. The van der Waals surface area contributed by atoms with Crippen molar-refractivity contribution in [2.45, 2.75) is 0 Å². The summed E-state index contributed by atoms with van der Waals surface area (Å²) in [5.74, 6) is 0. The first-order valence-corrected chi connectivity index (χ1v) is 1.06. The molecule has 0 aromatic heterocycles. The summed E-state index contributed by atoms with van der Waals surface area (Å²) in [6, 6.07) is 0. The third kappa shape index (κ3) is 81.1. The molecule has 0 atom stereocenters. The summed E-state index contributed by atoms with van der Waals surface area (Å²) in [5.41, 5.74) is 0. The first-order valence-electron chi connectivity index (χ1n) is 0.651. The van der Waals surface area contributed by atoms with Crippen LogP contribution in [0.1, 0.15) is 0 Å². The van der Waals surface area contributed by atoms with Crippen LogP contribution in [0.15, 0.2) is 0 Å². The van der Waals surface area contributed by atoms with Crippen LogP contribution in [-0.4, -0.2) is 15.4 Å². The van der Waals surface area contributed by atoms with Crippen molar-refractivity contribution in [3.63, 3.8) is 0 Å². The van der Waals surface area contributed by atoms with Crippen LogP contribution in [0.2, 0.25) is 0 Å². The largest absolute Gasteiger partial charge is 0.473 e. The third-order valence-electron chi connectivity index (χ3n) is 0. The highest BCUT2D eigenvalue weighted by molar-refractivity contribution is 7.79. The monoisotopic (exact) mass is 95.0 g/mol. The van der Waals surface area contributed by atoms with Crippen molar-refractivity contribution in [2.24, 2.45) is 0 Å². The second-order valence-corrected chi connectivity index (χ2v) is 0.648. The van der Waals surface area contributed by atoms with E-state index in [-0.39, 0.29) is 6.15 Å². The van der Waals surface area contributed by atoms with Gasteiger partial charge in [-0.2, -0.15) is 0 Å². The molecule has 0 heterocycles. The summed E-state index contributed by atoms with van der Waals surface area (Å²) in [5, 5.41) is 13.7. The van der Waals surface area contributed by atoms with Crippen LogP contribution in [-0.2, 0) is 0 Å². The van der Waals surface area contributed by atoms with Gasteiger partial charge in [-0.25, -0.2) is 0 Å². The van der Waals surface area contributed by atoms with E-state index in [1.54, 1.807) is 0 Å². The molecule has 0 aromatic rings. The van der Waals surface area contributed by atoms with E-state index in [0.29, 0.717) is 0 Å². The number of hydrogen-bond acceptors (Lipinski definition) is 2. The molecular formula is CH5NO2S. The zero-order chi connectivity index (χ0) is 3.58. The van der Waals surface area contributed by atoms with Gasteiger partial charge in [-0.3, -0.25) is 0 Å². The number of thiocarbonyl (C=S) groups is 1. The van der Waals surface area contributed by atoms with Gasteiger partial charge in [0.2, 0.25) is 0 Å². The Morgan fingerprint density at radius 2 is 1.40 bits per heavy atom. The van der Waals surface area contributed by atoms with E-state index in [1.807, 2.05) is 0 Å². The topological polar surface area (TPSA) is 75.5 Å². The minimum atomic E-state index is -1.000. The van der Waals surface area contributed by atoms with Gasteiger partial charge >= 0.3 is 5.24 Å². The Morgan fingerprint density at radius 3 is 1.40 bits per heavy atom. The molecule has 0 fully saturated rings. The highest BCUT2D eigenvalue weighted by atomic mass is 32.1. The number of hydrogen-bond donors (Lipinski definition) is 3. The zero-order valence-corrected chi connectivity index (χ0v) is 3.33. The van der Waals surface area contributed by atoms with Gasteiger partial charge in [0.25, 0.3) is 0 Å². The minimum absolute atomic E-state index is 0. The quantitative estimate of drug-likeness (QED) is 0.384. The van der Waals surface area contributed by atoms with Gasteiger partial charge in [0.1, 0.15) is 0 Å². The maximum atomic E-state index is 7.34. The predicted molar refractivity (Wildman–Crippen MR) is 22.9 cm³/mol. The predicted octanol–water partition coefficient (Wildman–Crippen LogP) is 0.549. The number of aliphatic hydroxyl groups is 2. The van der Waals surface area contributed by atoms with E-state index >= 15 is 0 Å². The third-order valence-corrected chi connectivity index (χ3v) is 0. The summed E-state index contributed by atoms with van der Waals surface area (Å²) in [6.07, 6.45) is 0. The van der Waals surface area contributed by atoms with E-state index < -0.39 is 5.24 Å². The Kier molecular flexibility index (Phi) is 6.44. The molecule has 0 spiro atoms. The van der Waals surface area contributed by atoms with Crippen LogP contribution in [0.4, 0.5) is 0 Å². The second-order valence-electron chi connectivity index (χ2n) is 0.283. The Bertz CT molecular complexity index is 32.6. The Hall–Kier alpha value is -0.350. The molecule has 32 valence electrons. The molecule has 0 unspecified atom stereocenters. The van der Waals surface area contributed by atoms with Crippen molar-refractivity contribution in [1.82, 2.24) is 6.15 Å².